The molecule has 1 unspecified atom stereocenters. The first-order chi connectivity index (χ1) is 40.0. The maximum atomic E-state index is 12.9. The topological polar surface area (TPSA) is 78.9 Å². The predicted octanol–water partition coefficient (Wildman–Crippen LogP) is 23.8. The molecule has 464 valence electrons. The molecule has 0 aliphatic heterocycles. The fourth-order valence-electron chi connectivity index (χ4n) is 9.63. The maximum Gasteiger partial charge on any atom is 0.306 e. The van der Waals surface area contributed by atoms with Crippen molar-refractivity contribution in [2.45, 2.75) is 335 Å². The summed E-state index contributed by atoms with van der Waals surface area (Å²) >= 11 is 0. The normalized spacial score (nSPS) is 12.8. The Morgan fingerprint density at radius 2 is 0.481 bits per heavy atom. The Kier molecular flexibility index (Phi) is 65.2. The van der Waals surface area contributed by atoms with Gasteiger partial charge >= 0.3 is 17.9 Å². The van der Waals surface area contributed by atoms with E-state index in [1.165, 1.54) is 167 Å². The highest BCUT2D eigenvalue weighted by Crippen LogP contribution is 2.17. The van der Waals surface area contributed by atoms with Crippen LogP contribution in [0.15, 0.2) is 109 Å². The van der Waals surface area contributed by atoms with Crippen molar-refractivity contribution < 1.29 is 28.6 Å². The Bertz CT molecular complexity index is 1620. The summed E-state index contributed by atoms with van der Waals surface area (Å²) in [5.74, 6) is -0.903. The predicted molar refractivity (Wildman–Crippen MR) is 353 cm³/mol. The molecule has 0 radical (unpaired) electrons. The van der Waals surface area contributed by atoms with E-state index < -0.39 is 6.10 Å². The lowest BCUT2D eigenvalue weighted by molar-refractivity contribution is -0.167. The van der Waals surface area contributed by atoms with Gasteiger partial charge in [-0.15, -0.1) is 0 Å². The van der Waals surface area contributed by atoms with Crippen molar-refractivity contribution in [2.24, 2.45) is 0 Å². The standard InChI is InChI=1S/C75H128O6/c1-4-7-10-13-16-19-21-23-25-27-29-31-33-35-36-37-38-40-41-43-45-47-49-51-53-56-59-62-65-68-74(77)80-71-72(70-79-73(76)67-64-61-58-55-18-15-12-9-6-3)81-75(78)69-66-63-60-57-54-52-50-48-46-44-42-39-34-32-30-28-26-24-22-20-17-14-11-8-5-2/h7,10,16,19,23,25,28-31,35-36,38,40,43,45,49,51,72H,4-6,8-9,11-15,17-18,20-22,24,26-27,32-34,37,39,41-42,44,46-48,50,52-71H2,1-3H3/b10-7-,19-16-,25-23-,30-28-,31-29-,36-35-,40-38-,45-43-,51-49-. The van der Waals surface area contributed by atoms with Crippen molar-refractivity contribution in [1.82, 2.24) is 0 Å². The number of esters is 3. The highest BCUT2D eigenvalue weighted by molar-refractivity contribution is 5.71. The molecule has 0 N–H and O–H groups in total. The summed E-state index contributed by atoms with van der Waals surface area (Å²) in [6.07, 6.45) is 94.1. The Morgan fingerprint density at radius 3 is 0.765 bits per heavy atom. The summed E-state index contributed by atoms with van der Waals surface area (Å²) in [7, 11) is 0. The van der Waals surface area contributed by atoms with E-state index in [2.05, 4.69) is 130 Å². The highest BCUT2D eigenvalue weighted by Gasteiger charge is 2.19. The molecule has 0 amide bonds. The van der Waals surface area contributed by atoms with E-state index in [1.807, 2.05) is 0 Å². The van der Waals surface area contributed by atoms with Gasteiger partial charge in [0.2, 0.25) is 0 Å². The summed E-state index contributed by atoms with van der Waals surface area (Å²) < 4.78 is 16.9. The van der Waals surface area contributed by atoms with Gasteiger partial charge in [0.1, 0.15) is 13.2 Å². The van der Waals surface area contributed by atoms with Crippen LogP contribution in [0, 0.1) is 0 Å². The zero-order valence-corrected chi connectivity index (χ0v) is 53.3. The summed E-state index contributed by atoms with van der Waals surface area (Å²) in [6, 6.07) is 0. The third kappa shape index (κ3) is 66.8. The van der Waals surface area contributed by atoms with Gasteiger partial charge in [0.05, 0.1) is 0 Å². The number of hydrogen-bond donors (Lipinski definition) is 0. The molecular formula is C75H128O6. The van der Waals surface area contributed by atoms with Gasteiger partial charge in [-0.3, -0.25) is 14.4 Å². The fourth-order valence-corrected chi connectivity index (χ4v) is 9.63. The van der Waals surface area contributed by atoms with Gasteiger partial charge in [0.25, 0.3) is 0 Å². The zero-order valence-electron chi connectivity index (χ0n) is 53.3. The van der Waals surface area contributed by atoms with Crippen molar-refractivity contribution >= 4 is 17.9 Å². The first-order valence-electron chi connectivity index (χ1n) is 34.4. The molecule has 0 aromatic carbocycles. The molecule has 81 heavy (non-hydrogen) atoms. The van der Waals surface area contributed by atoms with E-state index >= 15 is 0 Å². The van der Waals surface area contributed by atoms with Gasteiger partial charge in [-0.1, -0.05) is 310 Å². The minimum Gasteiger partial charge on any atom is -0.462 e. The van der Waals surface area contributed by atoms with Crippen LogP contribution in [-0.2, 0) is 28.6 Å². The fraction of sp³-hybridized carbons (Fsp3) is 0.720. The lowest BCUT2D eigenvalue weighted by Gasteiger charge is -2.18. The molecule has 0 spiro atoms. The molecule has 1 atom stereocenters. The number of carbonyl (C=O) groups excluding carboxylic acids is 3. The number of unbranched alkanes of at least 4 members (excludes halogenated alkanes) is 33. The van der Waals surface area contributed by atoms with Crippen LogP contribution in [0.3, 0.4) is 0 Å². The SMILES string of the molecule is CC/C=C\C/C=C\C/C=C\C/C=C\C/C=C\C/C=C\C/C=C\C/C=C\CCCCCCC(=O)OCC(COC(=O)CCCCCCCCCCC)OC(=O)CCCCCCCCCCCCCCC/C=C\CCCCCCCCCC. The smallest absolute Gasteiger partial charge is 0.306 e. The molecule has 0 saturated heterocycles. The summed E-state index contributed by atoms with van der Waals surface area (Å²) in [5, 5.41) is 0. The van der Waals surface area contributed by atoms with E-state index in [9.17, 15) is 14.4 Å². The van der Waals surface area contributed by atoms with Crippen LogP contribution < -0.4 is 0 Å². The number of carbonyl (C=O) groups is 3. The van der Waals surface area contributed by atoms with Gasteiger partial charge < -0.3 is 14.2 Å². The molecule has 0 rings (SSSR count). The van der Waals surface area contributed by atoms with E-state index in [-0.39, 0.29) is 31.1 Å². The van der Waals surface area contributed by atoms with E-state index in [0.717, 1.165) is 122 Å². The van der Waals surface area contributed by atoms with Gasteiger partial charge in [-0.25, -0.2) is 0 Å². The average molecular weight is 1130 g/mol. The molecule has 6 nitrogen and oxygen atoms in total. The molecule has 0 bridgehead atoms. The van der Waals surface area contributed by atoms with Crippen LogP contribution >= 0.6 is 0 Å². The van der Waals surface area contributed by atoms with Crippen molar-refractivity contribution in [3.63, 3.8) is 0 Å². The van der Waals surface area contributed by atoms with E-state index in [1.54, 1.807) is 0 Å². The largest absolute Gasteiger partial charge is 0.462 e. The summed E-state index contributed by atoms with van der Waals surface area (Å²) in [6.45, 7) is 6.51. The van der Waals surface area contributed by atoms with Crippen LogP contribution in [0.25, 0.3) is 0 Å². The molecule has 0 aromatic rings. The number of allylic oxidation sites excluding steroid dienone is 18. The lowest BCUT2D eigenvalue weighted by Crippen LogP contribution is -2.30. The third-order valence-corrected chi connectivity index (χ3v) is 14.8. The van der Waals surface area contributed by atoms with Gasteiger partial charge in [0, 0.05) is 19.3 Å². The molecule has 0 aromatic heterocycles. The second kappa shape index (κ2) is 68.6. The van der Waals surface area contributed by atoms with Crippen molar-refractivity contribution in [3.05, 3.63) is 109 Å². The number of ether oxygens (including phenoxy) is 3. The van der Waals surface area contributed by atoms with Crippen molar-refractivity contribution in [2.75, 3.05) is 13.2 Å². The monoisotopic (exact) mass is 1120 g/mol. The highest BCUT2D eigenvalue weighted by atomic mass is 16.6. The molecule has 6 heteroatoms. The molecule has 0 fully saturated rings. The quantitative estimate of drug-likeness (QED) is 0.0261. The molecule has 0 aliphatic carbocycles. The molecule has 0 aliphatic rings. The van der Waals surface area contributed by atoms with Crippen LogP contribution in [0.4, 0.5) is 0 Å². The van der Waals surface area contributed by atoms with E-state index in [0.29, 0.717) is 19.3 Å². The van der Waals surface area contributed by atoms with Crippen LogP contribution in [-0.4, -0.2) is 37.2 Å². The molecule has 0 heterocycles. The molecular weight excluding hydrogens is 997 g/mol. The zero-order chi connectivity index (χ0) is 58.5. The maximum absolute atomic E-state index is 12.9. The van der Waals surface area contributed by atoms with Crippen molar-refractivity contribution in [1.29, 1.82) is 0 Å². The second-order valence-corrected chi connectivity index (χ2v) is 22.7. The Balaban J connectivity index is 4.25. The van der Waals surface area contributed by atoms with E-state index in [4.69, 9.17) is 14.2 Å². The number of rotatable bonds is 62. The van der Waals surface area contributed by atoms with Crippen LogP contribution in [0.5, 0.6) is 0 Å². The minimum absolute atomic E-state index is 0.0842. The summed E-state index contributed by atoms with van der Waals surface area (Å²) in [4.78, 5) is 38.3. The van der Waals surface area contributed by atoms with Gasteiger partial charge in [-0.2, -0.15) is 0 Å². The Hall–Kier alpha value is -3.93. The van der Waals surface area contributed by atoms with Gasteiger partial charge in [-0.05, 0) is 109 Å². The van der Waals surface area contributed by atoms with Crippen molar-refractivity contribution in [3.8, 4) is 0 Å². The lowest BCUT2D eigenvalue weighted by atomic mass is 10.0. The Morgan fingerprint density at radius 1 is 0.259 bits per heavy atom. The third-order valence-electron chi connectivity index (χ3n) is 14.8. The number of hydrogen-bond acceptors (Lipinski definition) is 6. The first-order valence-corrected chi connectivity index (χ1v) is 34.4. The van der Waals surface area contributed by atoms with Gasteiger partial charge in [0.15, 0.2) is 6.10 Å². The molecule has 0 saturated carbocycles. The summed E-state index contributed by atoms with van der Waals surface area (Å²) in [5.41, 5.74) is 0. The van der Waals surface area contributed by atoms with Crippen LogP contribution in [0.2, 0.25) is 0 Å². The second-order valence-electron chi connectivity index (χ2n) is 22.7. The van der Waals surface area contributed by atoms with Crippen LogP contribution in [0.1, 0.15) is 329 Å². The average Bonchev–Trinajstić information content (AvgIpc) is 3.47. The first kappa shape index (κ1) is 77.1. The Labute approximate surface area is 501 Å². The minimum atomic E-state index is -0.789.